The first-order chi connectivity index (χ1) is 7.38. The Morgan fingerprint density at radius 3 is 2.75 bits per heavy atom. The number of halogens is 1. The molecule has 0 aliphatic heterocycles. The van der Waals surface area contributed by atoms with Gasteiger partial charge in [-0.15, -0.1) is 6.58 Å². The molecule has 0 nitrogen and oxygen atoms in total. The van der Waals surface area contributed by atoms with Gasteiger partial charge in [-0.3, -0.25) is 0 Å². The van der Waals surface area contributed by atoms with E-state index in [9.17, 15) is 4.39 Å². The second-order valence-electron chi connectivity index (χ2n) is 5.51. The molecule has 92 valence electrons. The highest BCUT2D eigenvalue weighted by molar-refractivity contribution is 5.16. The van der Waals surface area contributed by atoms with Crippen LogP contribution in [-0.4, -0.2) is 5.67 Å². The third-order valence-corrected chi connectivity index (χ3v) is 4.02. The van der Waals surface area contributed by atoms with Gasteiger partial charge in [0.25, 0.3) is 0 Å². The lowest BCUT2D eigenvalue weighted by molar-refractivity contribution is 0.0613. The van der Waals surface area contributed by atoms with E-state index in [4.69, 9.17) is 0 Å². The number of hydrogen-bond acceptors (Lipinski definition) is 0. The van der Waals surface area contributed by atoms with Gasteiger partial charge in [-0.1, -0.05) is 31.1 Å². The molecular weight excluding hydrogens is 199 g/mol. The van der Waals surface area contributed by atoms with Gasteiger partial charge in [0, 0.05) is 0 Å². The van der Waals surface area contributed by atoms with Crippen LogP contribution < -0.4 is 0 Å². The molecule has 0 bridgehead atoms. The van der Waals surface area contributed by atoms with E-state index in [-0.39, 0.29) is 5.92 Å². The van der Waals surface area contributed by atoms with Gasteiger partial charge in [-0.05, 0) is 51.4 Å². The SMILES string of the molecule is C=C(C)CC[C@@H]1[C@@H](C)C(CC)=CC[C@]1(C)F. The molecule has 0 unspecified atom stereocenters. The zero-order valence-corrected chi connectivity index (χ0v) is 11.1. The van der Waals surface area contributed by atoms with E-state index in [1.807, 2.05) is 6.92 Å². The molecule has 1 heteroatoms. The number of hydrogen-bond donors (Lipinski definition) is 0. The Morgan fingerprint density at radius 1 is 1.62 bits per heavy atom. The van der Waals surface area contributed by atoms with Crippen molar-refractivity contribution in [2.75, 3.05) is 0 Å². The van der Waals surface area contributed by atoms with Crippen LogP contribution in [0.4, 0.5) is 4.39 Å². The van der Waals surface area contributed by atoms with E-state index in [0.29, 0.717) is 12.3 Å². The van der Waals surface area contributed by atoms with Gasteiger partial charge in [-0.25, -0.2) is 4.39 Å². The molecule has 3 atom stereocenters. The Kier molecular flexibility index (Phi) is 4.35. The third-order valence-electron chi connectivity index (χ3n) is 4.02. The summed E-state index contributed by atoms with van der Waals surface area (Å²) >= 11 is 0. The van der Waals surface area contributed by atoms with Gasteiger partial charge >= 0.3 is 0 Å². The van der Waals surface area contributed by atoms with E-state index >= 15 is 0 Å². The first kappa shape index (κ1) is 13.5. The van der Waals surface area contributed by atoms with Crippen LogP contribution in [0.25, 0.3) is 0 Å². The van der Waals surface area contributed by atoms with Crippen molar-refractivity contribution in [2.24, 2.45) is 11.8 Å². The van der Waals surface area contributed by atoms with E-state index < -0.39 is 5.67 Å². The van der Waals surface area contributed by atoms with Crippen LogP contribution in [0.2, 0.25) is 0 Å². The standard InChI is InChI=1S/C15H25F/c1-6-13-9-10-15(5,16)14(12(13)4)8-7-11(2)3/h9,12,14H,2,6-8,10H2,1,3-5H3/t12-,14+,15-/m0/s1. The van der Waals surface area contributed by atoms with Crippen molar-refractivity contribution in [1.82, 2.24) is 0 Å². The van der Waals surface area contributed by atoms with Crippen molar-refractivity contribution in [3.63, 3.8) is 0 Å². The van der Waals surface area contributed by atoms with Crippen LogP contribution >= 0.6 is 0 Å². The Bertz CT molecular complexity index is 286. The predicted octanol–water partition coefficient (Wildman–Crippen LogP) is 5.06. The number of rotatable bonds is 4. The summed E-state index contributed by atoms with van der Waals surface area (Å²) in [5.41, 5.74) is 1.56. The third kappa shape index (κ3) is 2.96. The molecule has 16 heavy (non-hydrogen) atoms. The van der Waals surface area contributed by atoms with E-state index in [1.54, 1.807) is 6.92 Å². The lowest BCUT2D eigenvalue weighted by atomic mass is 9.69. The maximum absolute atomic E-state index is 14.5. The molecule has 0 spiro atoms. The monoisotopic (exact) mass is 224 g/mol. The Labute approximate surface area is 99.6 Å². The second-order valence-corrected chi connectivity index (χ2v) is 5.51. The van der Waals surface area contributed by atoms with E-state index in [0.717, 1.165) is 24.8 Å². The highest BCUT2D eigenvalue weighted by Gasteiger charge is 2.40. The molecule has 0 radical (unpaired) electrons. The van der Waals surface area contributed by atoms with Crippen LogP contribution in [0.5, 0.6) is 0 Å². The van der Waals surface area contributed by atoms with Gasteiger partial charge < -0.3 is 0 Å². The van der Waals surface area contributed by atoms with Crippen LogP contribution in [0.3, 0.4) is 0 Å². The molecule has 1 aliphatic carbocycles. The molecule has 0 saturated carbocycles. The Hall–Kier alpha value is -0.590. The second kappa shape index (κ2) is 5.16. The molecule has 0 aromatic carbocycles. The molecule has 0 aromatic rings. The van der Waals surface area contributed by atoms with Gasteiger partial charge in [-0.2, -0.15) is 0 Å². The molecule has 0 amide bonds. The summed E-state index contributed by atoms with van der Waals surface area (Å²) in [5.74, 6) is 0.539. The predicted molar refractivity (Wildman–Crippen MR) is 69.2 cm³/mol. The quantitative estimate of drug-likeness (QED) is 0.585. The zero-order chi connectivity index (χ0) is 12.3. The number of alkyl halides is 1. The molecule has 1 aliphatic rings. The average molecular weight is 224 g/mol. The molecule has 0 fully saturated rings. The maximum atomic E-state index is 14.5. The van der Waals surface area contributed by atoms with Crippen LogP contribution in [0.15, 0.2) is 23.8 Å². The summed E-state index contributed by atoms with van der Waals surface area (Å²) in [5, 5.41) is 0. The molecule has 1 rings (SSSR count). The van der Waals surface area contributed by atoms with Crippen LogP contribution in [0.1, 0.15) is 53.4 Å². The summed E-state index contributed by atoms with van der Waals surface area (Å²) in [7, 11) is 0. The van der Waals surface area contributed by atoms with Gasteiger partial charge in [0.05, 0.1) is 0 Å². The van der Waals surface area contributed by atoms with Crippen molar-refractivity contribution in [3.8, 4) is 0 Å². The van der Waals surface area contributed by atoms with Gasteiger partial charge in [0.2, 0.25) is 0 Å². The molecule has 0 heterocycles. The first-order valence-electron chi connectivity index (χ1n) is 6.40. The summed E-state index contributed by atoms with van der Waals surface area (Å²) < 4.78 is 14.5. The summed E-state index contributed by atoms with van der Waals surface area (Å²) in [6.45, 7) is 12.0. The van der Waals surface area contributed by atoms with Crippen molar-refractivity contribution >= 4 is 0 Å². The molecule has 0 aromatic heterocycles. The van der Waals surface area contributed by atoms with Crippen molar-refractivity contribution in [1.29, 1.82) is 0 Å². The summed E-state index contributed by atoms with van der Waals surface area (Å²) in [6.07, 6.45) is 5.64. The first-order valence-corrected chi connectivity index (χ1v) is 6.40. The van der Waals surface area contributed by atoms with Crippen molar-refractivity contribution < 1.29 is 4.39 Å². The van der Waals surface area contributed by atoms with Gasteiger partial charge in [0.1, 0.15) is 5.67 Å². The Morgan fingerprint density at radius 2 is 2.25 bits per heavy atom. The zero-order valence-electron chi connectivity index (χ0n) is 11.1. The summed E-state index contributed by atoms with van der Waals surface area (Å²) in [4.78, 5) is 0. The smallest absolute Gasteiger partial charge is 0.115 e. The highest BCUT2D eigenvalue weighted by Crippen LogP contribution is 2.43. The normalized spacial score (nSPS) is 34.7. The minimum Gasteiger partial charge on any atom is -0.244 e. The van der Waals surface area contributed by atoms with Crippen molar-refractivity contribution in [2.45, 2.75) is 59.0 Å². The van der Waals surface area contributed by atoms with Crippen LogP contribution in [0, 0.1) is 11.8 Å². The molecular formula is C15H25F. The largest absolute Gasteiger partial charge is 0.244 e. The molecule has 0 saturated heterocycles. The van der Waals surface area contributed by atoms with E-state index in [2.05, 4.69) is 26.5 Å². The fraction of sp³-hybridized carbons (Fsp3) is 0.733. The van der Waals surface area contributed by atoms with Gasteiger partial charge in [0.15, 0.2) is 0 Å². The maximum Gasteiger partial charge on any atom is 0.115 e. The van der Waals surface area contributed by atoms with E-state index in [1.165, 1.54) is 5.57 Å². The van der Waals surface area contributed by atoms with Crippen molar-refractivity contribution in [3.05, 3.63) is 23.8 Å². The summed E-state index contributed by atoms with van der Waals surface area (Å²) in [6, 6.07) is 0. The minimum atomic E-state index is -1.03. The lowest BCUT2D eigenvalue weighted by Crippen LogP contribution is -2.37. The highest BCUT2D eigenvalue weighted by atomic mass is 19.1. The fourth-order valence-corrected chi connectivity index (χ4v) is 2.87. The van der Waals surface area contributed by atoms with Crippen LogP contribution in [-0.2, 0) is 0 Å². The molecule has 0 N–H and O–H groups in total. The topological polar surface area (TPSA) is 0 Å². The minimum absolute atomic E-state index is 0.157. The Balaban J connectivity index is 2.78. The fourth-order valence-electron chi connectivity index (χ4n) is 2.87. The lowest BCUT2D eigenvalue weighted by Gasteiger charge is -2.39. The number of allylic oxidation sites excluding steroid dienone is 3. The average Bonchev–Trinajstić information content (AvgIpc) is 2.16.